The first kappa shape index (κ1) is 19.8. The molecule has 2 aliphatic carbocycles. The molecule has 1 heterocycles. The van der Waals surface area contributed by atoms with Gasteiger partial charge in [-0.1, -0.05) is 48.0 Å². The first-order valence-corrected chi connectivity index (χ1v) is 11.7. The fourth-order valence-corrected chi connectivity index (χ4v) is 5.52. The van der Waals surface area contributed by atoms with Gasteiger partial charge in [0.2, 0.25) is 0 Å². The number of nitrogens with zero attached hydrogens (tertiary/aromatic N) is 1. The molecular weight excluding hydrogens is 392 g/mol. The summed E-state index contributed by atoms with van der Waals surface area (Å²) in [6.45, 7) is 0.736. The van der Waals surface area contributed by atoms with Crippen LogP contribution >= 0.6 is 11.6 Å². The number of halogens is 1. The van der Waals surface area contributed by atoms with Crippen molar-refractivity contribution in [3.05, 3.63) is 81.4 Å². The summed E-state index contributed by atoms with van der Waals surface area (Å²) in [5, 5.41) is 4.68. The minimum Gasteiger partial charge on any atom is -0.319 e. The third-order valence-corrected chi connectivity index (χ3v) is 7.21. The van der Waals surface area contributed by atoms with E-state index in [0.29, 0.717) is 6.04 Å². The smallest absolute Gasteiger partial charge is 0.251 e. The second kappa shape index (κ2) is 8.56. The van der Waals surface area contributed by atoms with Crippen LogP contribution < -0.4 is 5.32 Å². The highest BCUT2D eigenvalue weighted by molar-refractivity contribution is 6.30. The van der Waals surface area contributed by atoms with E-state index in [2.05, 4.69) is 46.6 Å². The molecule has 4 heteroatoms. The molecule has 0 saturated carbocycles. The average molecular weight is 421 g/mol. The van der Waals surface area contributed by atoms with E-state index in [1.54, 1.807) is 0 Å². The average Bonchev–Trinajstić information content (AvgIpc) is 3.05. The zero-order valence-corrected chi connectivity index (χ0v) is 18.1. The number of hydrogen-bond acceptors (Lipinski definition) is 2. The Bertz CT molecular complexity index is 965. The number of benzene rings is 2. The fraction of sp³-hybridized carbons (Fsp3) is 0.423. The SMILES string of the molecule is O=C1C2=C(CCCC2)C(NC2CCCc3ccccc32)N1CCc1ccc(Cl)cc1. The number of rotatable bonds is 5. The molecular formula is C26H29ClN2O. The summed E-state index contributed by atoms with van der Waals surface area (Å²) < 4.78 is 0. The second-order valence-corrected chi connectivity index (χ2v) is 9.24. The van der Waals surface area contributed by atoms with Crippen LogP contribution in [0.5, 0.6) is 0 Å². The molecule has 0 radical (unpaired) electrons. The minimum atomic E-state index is 0.0382. The van der Waals surface area contributed by atoms with E-state index in [0.717, 1.165) is 55.7 Å². The Morgan fingerprint density at radius 2 is 1.77 bits per heavy atom. The third kappa shape index (κ3) is 3.81. The topological polar surface area (TPSA) is 32.3 Å². The van der Waals surface area contributed by atoms with Crippen LogP contribution in [0.25, 0.3) is 0 Å². The maximum absolute atomic E-state index is 13.3. The molecule has 5 rings (SSSR count). The fourth-order valence-electron chi connectivity index (χ4n) is 5.39. The van der Waals surface area contributed by atoms with E-state index >= 15 is 0 Å². The van der Waals surface area contributed by atoms with Gasteiger partial charge in [-0.3, -0.25) is 10.1 Å². The van der Waals surface area contributed by atoms with Gasteiger partial charge in [-0.05, 0) is 85.8 Å². The molecule has 0 bridgehead atoms. The summed E-state index contributed by atoms with van der Waals surface area (Å²) in [7, 11) is 0. The molecule has 3 nitrogen and oxygen atoms in total. The summed E-state index contributed by atoms with van der Waals surface area (Å²) in [6, 6.07) is 17.1. The van der Waals surface area contributed by atoms with E-state index in [1.165, 1.54) is 35.1 Å². The van der Waals surface area contributed by atoms with Gasteiger partial charge in [-0.15, -0.1) is 0 Å². The Morgan fingerprint density at radius 1 is 0.967 bits per heavy atom. The molecule has 30 heavy (non-hydrogen) atoms. The first-order chi connectivity index (χ1) is 14.7. The number of fused-ring (bicyclic) bond motifs is 1. The van der Waals surface area contributed by atoms with Gasteiger partial charge in [0.15, 0.2) is 0 Å². The molecule has 0 aromatic heterocycles. The second-order valence-electron chi connectivity index (χ2n) is 8.80. The van der Waals surface area contributed by atoms with E-state index < -0.39 is 0 Å². The summed E-state index contributed by atoms with van der Waals surface area (Å²) in [5.74, 6) is 0.250. The molecule has 0 fully saturated rings. The van der Waals surface area contributed by atoms with Gasteiger partial charge in [0.1, 0.15) is 6.17 Å². The van der Waals surface area contributed by atoms with Crippen LogP contribution in [-0.4, -0.2) is 23.5 Å². The zero-order valence-electron chi connectivity index (χ0n) is 17.4. The lowest BCUT2D eigenvalue weighted by atomic mass is 9.86. The van der Waals surface area contributed by atoms with Crippen molar-refractivity contribution in [2.75, 3.05) is 6.54 Å². The van der Waals surface area contributed by atoms with Gasteiger partial charge in [-0.2, -0.15) is 0 Å². The number of hydrogen-bond donors (Lipinski definition) is 1. The van der Waals surface area contributed by atoms with Crippen molar-refractivity contribution in [1.29, 1.82) is 0 Å². The Morgan fingerprint density at radius 3 is 2.63 bits per heavy atom. The first-order valence-electron chi connectivity index (χ1n) is 11.3. The Balaban J connectivity index is 1.39. The lowest BCUT2D eigenvalue weighted by Gasteiger charge is -2.35. The van der Waals surface area contributed by atoms with E-state index in [9.17, 15) is 4.79 Å². The summed E-state index contributed by atoms with van der Waals surface area (Å²) in [4.78, 5) is 15.4. The lowest BCUT2D eigenvalue weighted by molar-refractivity contribution is -0.127. The Labute approximate surface area is 184 Å². The molecule has 2 unspecified atom stereocenters. The number of carbonyl (C=O) groups is 1. The van der Waals surface area contributed by atoms with E-state index in [1.807, 2.05) is 12.1 Å². The predicted molar refractivity (Wildman–Crippen MR) is 121 cm³/mol. The van der Waals surface area contributed by atoms with Gasteiger partial charge in [-0.25, -0.2) is 0 Å². The van der Waals surface area contributed by atoms with Crippen LogP contribution in [0, 0.1) is 0 Å². The highest BCUT2D eigenvalue weighted by Crippen LogP contribution is 2.38. The maximum atomic E-state index is 13.3. The van der Waals surface area contributed by atoms with Crippen LogP contribution in [0.4, 0.5) is 0 Å². The number of amides is 1. The molecule has 156 valence electrons. The normalized spacial score (nSPS) is 23.5. The van der Waals surface area contributed by atoms with Gasteiger partial charge < -0.3 is 4.90 Å². The molecule has 3 aliphatic rings. The third-order valence-electron chi connectivity index (χ3n) is 6.95. The van der Waals surface area contributed by atoms with Crippen LogP contribution in [-0.2, 0) is 17.6 Å². The molecule has 1 N–H and O–H groups in total. The number of nitrogens with one attached hydrogen (secondary N) is 1. The summed E-state index contributed by atoms with van der Waals surface area (Å²) in [6.07, 6.45) is 8.69. The molecule has 1 amide bonds. The van der Waals surface area contributed by atoms with Crippen molar-refractivity contribution in [3.8, 4) is 0 Å². The van der Waals surface area contributed by atoms with E-state index in [4.69, 9.17) is 11.6 Å². The zero-order chi connectivity index (χ0) is 20.5. The van der Waals surface area contributed by atoms with Crippen molar-refractivity contribution in [2.24, 2.45) is 0 Å². The summed E-state index contributed by atoms with van der Waals surface area (Å²) >= 11 is 6.04. The molecule has 2 aromatic carbocycles. The molecule has 0 spiro atoms. The minimum absolute atomic E-state index is 0.0382. The van der Waals surface area contributed by atoms with Crippen LogP contribution in [0.2, 0.25) is 5.02 Å². The highest BCUT2D eigenvalue weighted by atomic mass is 35.5. The lowest BCUT2D eigenvalue weighted by Crippen LogP contribution is -2.48. The standard InChI is InChI=1S/C26H29ClN2O/c27-20-14-12-18(13-15-20)16-17-29-25(22-9-3-4-10-23(22)26(29)30)28-24-11-5-7-19-6-1-2-8-21(19)24/h1-2,6,8,12-15,24-25,28H,3-5,7,9-11,16-17H2. The molecule has 1 aliphatic heterocycles. The van der Waals surface area contributed by atoms with Crippen molar-refractivity contribution < 1.29 is 4.79 Å². The Kier molecular flexibility index (Phi) is 5.66. The maximum Gasteiger partial charge on any atom is 0.251 e. The van der Waals surface area contributed by atoms with E-state index in [-0.39, 0.29) is 12.1 Å². The van der Waals surface area contributed by atoms with Crippen molar-refractivity contribution in [3.63, 3.8) is 0 Å². The molecule has 2 atom stereocenters. The van der Waals surface area contributed by atoms with Crippen LogP contribution in [0.15, 0.2) is 59.7 Å². The largest absolute Gasteiger partial charge is 0.319 e. The van der Waals surface area contributed by atoms with Gasteiger partial charge >= 0.3 is 0 Å². The Hall–Kier alpha value is -2.10. The van der Waals surface area contributed by atoms with Crippen LogP contribution in [0.3, 0.4) is 0 Å². The highest BCUT2D eigenvalue weighted by Gasteiger charge is 2.40. The monoisotopic (exact) mass is 420 g/mol. The quantitative estimate of drug-likeness (QED) is 0.683. The molecule has 2 aromatic rings. The van der Waals surface area contributed by atoms with Gasteiger partial charge in [0, 0.05) is 23.2 Å². The predicted octanol–water partition coefficient (Wildman–Crippen LogP) is 5.59. The number of aryl methyl sites for hydroxylation is 1. The van der Waals surface area contributed by atoms with Gasteiger partial charge in [0.05, 0.1) is 0 Å². The van der Waals surface area contributed by atoms with Gasteiger partial charge in [0.25, 0.3) is 5.91 Å². The van der Waals surface area contributed by atoms with Crippen molar-refractivity contribution in [1.82, 2.24) is 10.2 Å². The van der Waals surface area contributed by atoms with Crippen LogP contribution in [0.1, 0.15) is 61.3 Å². The van der Waals surface area contributed by atoms with Crippen molar-refractivity contribution in [2.45, 2.75) is 63.6 Å². The number of carbonyl (C=O) groups excluding carboxylic acids is 1. The molecule has 0 saturated heterocycles. The summed E-state index contributed by atoms with van der Waals surface area (Å²) in [5.41, 5.74) is 6.53. The van der Waals surface area contributed by atoms with Crippen molar-refractivity contribution >= 4 is 17.5 Å².